The number of carbonyl (C=O) groups excluding carboxylic acids is 1. The zero-order valence-electron chi connectivity index (χ0n) is 10.9. The minimum Gasteiger partial charge on any atom is -0.334 e. The van der Waals surface area contributed by atoms with Gasteiger partial charge in [0.1, 0.15) is 5.82 Å². The van der Waals surface area contributed by atoms with Crippen molar-refractivity contribution in [2.75, 3.05) is 6.54 Å². The van der Waals surface area contributed by atoms with Gasteiger partial charge in [-0.2, -0.15) is 0 Å². The fourth-order valence-corrected chi connectivity index (χ4v) is 2.26. The Morgan fingerprint density at radius 3 is 2.74 bits per heavy atom. The molecule has 4 heteroatoms. The number of hydrogen-bond donors (Lipinski definition) is 1. The fraction of sp³-hybridized carbons (Fsp3) is 0.533. The third-order valence-corrected chi connectivity index (χ3v) is 3.67. The first-order valence-corrected chi connectivity index (χ1v) is 6.99. The van der Waals surface area contributed by atoms with E-state index in [9.17, 15) is 9.18 Å². The van der Waals surface area contributed by atoms with Crippen LogP contribution in [0.1, 0.15) is 31.2 Å². The van der Waals surface area contributed by atoms with Crippen LogP contribution in [0.5, 0.6) is 0 Å². The summed E-state index contributed by atoms with van der Waals surface area (Å²) in [5, 5.41) is 3.25. The van der Waals surface area contributed by atoms with Crippen LogP contribution in [0.15, 0.2) is 24.3 Å². The van der Waals surface area contributed by atoms with E-state index < -0.39 is 0 Å². The fourth-order valence-electron chi connectivity index (χ4n) is 2.26. The molecule has 3 nitrogen and oxygen atoms in total. The van der Waals surface area contributed by atoms with Crippen LogP contribution in [-0.4, -0.2) is 29.4 Å². The lowest BCUT2D eigenvalue weighted by atomic mass is 10.2. The van der Waals surface area contributed by atoms with Gasteiger partial charge in [-0.1, -0.05) is 12.1 Å². The molecule has 0 heterocycles. The molecule has 0 bridgehead atoms. The predicted octanol–water partition coefficient (Wildman–Crippen LogP) is 2.07. The Kier molecular flexibility index (Phi) is 3.51. The van der Waals surface area contributed by atoms with Crippen LogP contribution in [-0.2, 0) is 11.3 Å². The lowest BCUT2D eigenvalue weighted by Crippen LogP contribution is -2.39. The summed E-state index contributed by atoms with van der Waals surface area (Å²) < 4.78 is 13.2. The molecule has 0 saturated heterocycles. The van der Waals surface area contributed by atoms with E-state index in [2.05, 4.69) is 5.32 Å². The highest BCUT2D eigenvalue weighted by molar-refractivity contribution is 5.79. The van der Waals surface area contributed by atoms with Crippen molar-refractivity contribution in [1.29, 1.82) is 0 Å². The number of nitrogens with one attached hydrogen (secondary N) is 1. The minimum atomic E-state index is -0.239. The maximum absolute atomic E-state index is 13.2. The average Bonchev–Trinajstić information content (AvgIpc) is 3.27. The normalized spacial score (nSPS) is 18.4. The molecule has 2 aliphatic carbocycles. The highest BCUT2D eigenvalue weighted by Gasteiger charge is 2.33. The van der Waals surface area contributed by atoms with Gasteiger partial charge < -0.3 is 10.2 Å². The Morgan fingerprint density at radius 1 is 1.32 bits per heavy atom. The molecule has 1 amide bonds. The molecule has 1 N–H and O–H groups in total. The summed E-state index contributed by atoms with van der Waals surface area (Å²) in [6.07, 6.45) is 4.51. The smallest absolute Gasteiger partial charge is 0.237 e. The summed E-state index contributed by atoms with van der Waals surface area (Å²) in [6.45, 7) is 0.935. The molecule has 3 rings (SSSR count). The summed E-state index contributed by atoms with van der Waals surface area (Å²) in [5.74, 6) is -0.101. The van der Waals surface area contributed by atoms with Crippen molar-refractivity contribution < 1.29 is 9.18 Å². The Labute approximate surface area is 112 Å². The molecule has 0 unspecified atom stereocenters. The Morgan fingerprint density at radius 2 is 2.11 bits per heavy atom. The number of amides is 1. The quantitative estimate of drug-likeness (QED) is 0.851. The monoisotopic (exact) mass is 262 g/mol. The molecule has 2 fully saturated rings. The number of halogens is 1. The summed E-state index contributed by atoms with van der Waals surface area (Å²) in [4.78, 5) is 14.1. The van der Waals surface area contributed by atoms with E-state index in [4.69, 9.17) is 0 Å². The van der Waals surface area contributed by atoms with Gasteiger partial charge in [0, 0.05) is 18.6 Å². The van der Waals surface area contributed by atoms with Gasteiger partial charge in [-0.25, -0.2) is 4.39 Å². The van der Waals surface area contributed by atoms with Gasteiger partial charge in [-0.05, 0) is 43.4 Å². The second-order valence-corrected chi connectivity index (χ2v) is 5.54. The molecule has 0 aromatic heterocycles. The van der Waals surface area contributed by atoms with E-state index >= 15 is 0 Å². The van der Waals surface area contributed by atoms with E-state index in [1.807, 2.05) is 11.0 Å². The molecule has 19 heavy (non-hydrogen) atoms. The lowest BCUT2D eigenvalue weighted by Gasteiger charge is -2.23. The van der Waals surface area contributed by atoms with Crippen LogP contribution >= 0.6 is 0 Å². The molecule has 0 spiro atoms. The summed E-state index contributed by atoms with van der Waals surface area (Å²) in [5.41, 5.74) is 0.867. The third-order valence-electron chi connectivity index (χ3n) is 3.67. The Hall–Kier alpha value is -1.42. The SMILES string of the molecule is O=C(CNC1CC1)N(Cc1cccc(F)c1)C1CC1. The Bertz CT molecular complexity index is 469. The molecular formula is C15H19FN2O. The molecule has 2 saturated carbocycles. The van der Waals surface area contributed by atoms with Gasteiger partial charge in [-0.3, -0.25) is 4.79 Å². The van der Waals surface area contributed by atoms with Crippen molar-refractivity contribution >= 4 is 5.91 Å². The standard InChI is InChI=1S/C15H19FN2O/c16-12-3-1-2-11(8-12)10-18(14-6-7-14)15(19)9-17-13-4-5-13/h1-3,8,13-14,17H,4-7,9-10H2. The minimum absolute atomic E-state index is 0.138. The summed E-state index contributed by atoms with van der Waals surface area (Å²) in [7, 11) is 0. The van der Waals surface area contributed by atoms with Crippen LogP contribution in [0.4, 0.5) is 4.39 Å². The van der Waals surface area contributed by atoms with Crippen LogP contribution in [0.3, 0.4) is 0 Å². The van der Waals surface area contributed by atoms with Gasteiger partial charge >= 0.3 is 0 Å². The van der Waals surface area contributed by atoms with E-state index in [1.165, 1.54) is 25.0 Å². The molecule has 0 atom stereocenters. The van der Waals surface area contributed by atoms with E-state index in [0.29, 0.717) is 25.2 Å². The maximum atomic E-state index is 13.2. The van der Waals surface area contributed by atoms with Crippen LogP contribution in [0.2, 0.25) is 0 Å². The molecule has 102 valence electrons. The molecule has 2 aliphatic rings. The number of hydrogen-bond acceptors (Lipinski definition) is 2. The highest BCUT2D eigenvalue weighted by atomic mass is 19.1. The van der Waals surface area contributed by atoms with Crippen LogP contribution in [0.25, 0.3) is 0 Å². The average molecular weight is 262 g/mol. The second kappa shape index (κ2) is 5.29. The summed E-state index contributed by atoms with van der Waals surface area (Å²) in [6, 6.07) is 7.41. The zero-order chi connectivity index (χ0) is 13.2. The molecule has 1 aromatic rings. The van der Waals surface area contributed by atoms with Crippen molar-refractivity contribution in [2.24, 2.45) is 0 Å². The van der Waals surface area contributed by atoms with Gasteiger partial charge in [-0.15, -0.1) is 0 Å². The van der Waals surface area contributed by atoms with Crippen molar-refractivity contribution in [3.05, 3.63) is 35.6 Å². The van der Waals surface area contributed by atoms with E-state index in [-0.39, 0.29) is 11.7 Å². The number of nitrogens with zero attached hydrogens (tertiary/aromatic N) is 1. The first-order valence-electron chi connectivity index (χ1n) is 6.99. The third kappa shape index (κ3) is 3.53. The molecule has 0 radical (unpaired) electrons. The van der Waals surface area contributed by atoms with Gasteiger partial charge in [0.2, 0.25) is 5.91 Å². The van der Waals surface area contributed by atoms with Crippen molar-refractivity contribution in [1.82, 2.24) is 10.2 Å². The Balaban J connectivity index is 1.61. The van der Waals surface area contributed by atoms with Crippen LogP contribution in [0, 0.1) is 5.82 Å². The maximum Gasteiger partial charge on any atom is 0.237 e. The predicted molar refractivity (Wildman–Crippen MR) is 71.0 cm³/mol. The van der Waals surface area contributed by atoms with Gasteiger partial charge in [0.05, 0.1) is 6.54 Å². The van der Waals surface area contributed by atoms with Crippen molar-refractivity contribution in [3.63, 3.8) is 0 Å². The number of carbonyl (C=O) groups is 1. The summed E-state index contributed by atoms with van der Waals surface area (Å²) >= 11 is 0. The zero-order valence-corrected chi connectivity index (χ0v) is 10.9. The van der Waals surface area contributed by atoms with Gasteiger partial charge in [0.15, 0.2) is 0 Å². The van der Waals surface area contributed by atoms with E-state index in [1.54, 1.807) is 6.07 Å². The first kappa shape index (κ1) is 12.6. The molecule has 0 aliphatic heterocycles. The molecule has 1 aromatic carbocycles. The van der Waals surface area contributed by atoms with Crippen molar-refractivity contribution in [3.8, 4) is 0 Å². The largest absolute Gasteiger partial charge is 0.334 e. The number of benzene rings is 1. The first-order chi connectivity index (χ1) is 9.22. The van der Waals surface area contributed by atoms with Gasteiger partial charge in [0.25, 0.3) is 0 Å². The topological polar surface area (TPSA) is 32.3 Å². The van der Waals surface area contributed by atoms with Crippen LogP contribution < -0.4 is 5.32 Å². The van der Waals surface area contributed by atoms with Crippen molar-refractivity contribution in [2.45, 2.75) is 44.3 Å². The second-order valence-electron chi connectivity index (χ2n) is 5.54. The van der Waals surface area contributed by atoms with E-state index in [0.717, 1.165) is 18.4 Å². The lowest BCUT2D eigenvalue weighted by molar-refractivity contribution is -0.131. The number of rotatable bonds is 6. The molecular weight excluding hydrogens is 243 g/mol. The highest BCUT2D eigenvalue weighted by Crippen LogP contribution is 2.28.